The van der Waals surface area contributed by atoms with Crippen molar-refractivity contribution in [3.05, 3.63) is 29.8 Å². The summed E-state index contributed by atoms with van der Waals surface area (Å²) in [5, 5.41) is 2.67. The first-order valence-corrected chi connectivity index (χ1v) is 7.09. The number of carbonyl (C=O) groups is 1. The molecule has 0 fully saturated rings. The molecular formula is C17H23NO3. The Hall–Kier alpha value is -2.15. The molecule has 1 N–H and O–H groups in total. The van der Waals surface area contributed by atoms with Gasteiger partial charge in [0.2, 0.25) is 0 Å². The molecule has 0 aromatic heterocycles. The van der Waals surface area contributed by atoms with Crippen LogP contribution in [0, 0.1) is 11.8 Å². The Kier molecular flexibility index (Phi) is 6.61. The Balaban J connectivity index is 2.36. The lowest BCUT2D eigenvalue weighted by molar-refractivity contribution is 0.0529. The molecule has 1 amide bonds. The Morgan fingerprint density at radius 2 is 2.10 bits per heavy atom. The summed E-state index contributed by atoms with van der Waals surface area (Å²) >= 11 is 0. The molecule has 1 rings (SSSR count). The van der Waals surface area contributed by atoms with E-state index in [9.17, 15) is 4.79 Å². The molecule has 114 valence electrons. The predicted octanol–water partition coefficient (Wildman–Crippen LogP) is 3.35. The van der Waals surface area contributed by atoms with Crippen molar-refractivity contribution in [1.29, 1.82) is 0 Å². The van der Waals surface area contributed by atoms with Gasteiger partial charge in [0.25, 0.3) is 0 Å². The molecule has 0 heterocycles. The summed E-state index contributed by atoms with van der Waals surface area (Å²) < 4.78 is 10.5. The van der Waals surface area contributed by atoms with Crippen molar-refractivity contribution in [2.75, 3.05) is 13.2 Å². The van der Waals surface area contributed by atoms with Crippen molar-refractivity contribution in [1.82, 2.24) is 5.32 Å². The van der Waals surface area contributed by atoms with E-state index in [2.05, 4.69) is 17.2 Å². The molecule has 0 saturated carbocycles. The fraction of sp³-hybridized carbons (Fsp3) is 0.471. The van der Waals surface area contributed by atoms with Gasteiger partial charge in [-0.1, -0.05) is 17.9 Å². The van der Waals surface area contributed by atoms with Gasteiger partial charge in [0, 0.05) is 18.5 Å². The van der Waals surface area contributed by atoms with Crippen LogP contribution in [0.3, 0.4) is 0 Å². The summed E-state index contributed by atoms with van der Waals surface area (Å²) in [5.74, 6) is 6.87. The van der Waals surface area contributed by atoms with Crippen molar-refractivity contribution in [2.24, 2.45) is 0 Å². The minimum absolute atomic E-state index is 0.414. The monoisotopic (exact) mass is 289 g/mol. The zero-order chi connectivity index (χ0) is 15.7. The highest BCUT2D eigenvalue weighted by molar-refractivity contribution is 5.67. The summed E-state index contributed by atoms with van der Waals surface area (Å²) in [6, 6.07) is 7.64. The van der Waals surface area contributed by atoms with Crippen molar-refractivity contribution >= 4 is 6.09 Å². The largest absolute Gasteiger partial charge is 0.494 e. The maximum Gasteiger partial charge on any atom is 0.407 e. The van der Waals surface area contributed by atoms with Crippen LogP contribution in [0.1, 0.15) is 39.7 Å². The zero-order valence-electron chi connectivity index (χ0n) is 13.2. The summed E-state index contributed by atoms with van der Waals surface area (Å²) in [4.78, 5) is 11.4. The van der Waals surface area contributed by atoms with Crippen LogP contribution < -0.4 is 10.1 Å². The molecule has 0 aliphatic rings. The third kappa shape index (κ3) is 7.88. The van der Waals surface area contributed by atoms with Crippen LogP contribution in [0.15, 0.2) is 24.3 Å². The second-order valence-electron chi connectivity index (χ2n) is 5.44. The number of amides is 1. The van der Waals surface area contributed by atoms with Crippen LogP contribution in [0.5, 0.6) is 5.75 Å². The Labute approximate surface area is 126 Å². The predicted molar refractivity (Wildman–Crippen MR) is 83.3 cm³/mol. The van der Waals surface area contributed by atoms with Gasteiger partial charge in [0.15, 0.2) is 0 Å². The van der Waals surface area contributed by atoms with Crippen LogP contribution in [-0.2, 0) is 4.74 Å². The first-order valence-electron chi connectivity index (χ1n) is 7.09. The second kappa shape index (κ2) is 8.21. The first-order chi connectivity index (χ1) is 9.90. The molecule has 4 heteroatoms. The smallest absolute Gasteiger partial charge is 0.407 e. The normalized spacial score (nSPS) is 10.3. The van der Waals surface area contributed by atoms with E-state index in [0.717, 1.165) is 11.3 Å². The number of rotatable bonds is 4. The van der Waals surface area contributed by atoms with Crippen LogP contribution in [-0.4, -0.2) is 24.8 Å². The van der Waals surface area contributed by atoms with Crippen LogP contribution >= 0.6 is 0 Å². The van der Waals surface area contributed by atoms with Gasteiger partial charge in [-0.2, -0.15) is 0 Å². The highest BCUT2D eigenvalue weighted by Gasteiger charge is 2.15. The summed E-state index contributed by atoms with van der Waals surface area (Å²) in [5.41, 5.74) is 0.424. The highest BCUT2D eigenvalue weighted by atomic mass is 16.6. The van der Waals surface area contributed by atoms with Gasteiger partial charge in [0.05, 0.1) is 6.61 Å². The first kappa shape index (κ1) is 16.9. The van der Waals surface area contributed by atoms with Crippen molar-refractivity contribution in [2.45, 2.75) is 39.7 Å². The van der Waals surface area contributed by atoms with Crippen LogP contribution in [0.2, 0.25) is 0 Å². The van der Waals surface area contributed by atoms with Gasteiger partial charge in [-0.05, 0) is 45.9 Å². The number of hydrogen-bond donors (Lipinski definition) is 1. The Bertz CT molecular complexity index is 521. The average molecular weight is 289 g/mol. The van der Waals surface area contributed by atoms with E-state index in [1.807, 2.05) is 52.0 Å². The molecule has 0 saturated heterocycles. The van der Waals surface area contributed by atoms with E-state index in [1.54, 1.807) is 0 Å². The van der Waals surface area contributed by atoms with E-state index in [0.29, 0.717) is 19.6 Å². The molecule has 0 atom stereocenters. The van der Waals surface area contributed by atoms with E-state index in [1.165, 1.54) is 0 Å². The number of ether oxygens (including phenoxy) is 2. The Morgan fingerprint density at radius 3 is 2.76 bits per heavy atom. The number of nitrogens with one attached hydrogen (secondary N) is 1. The van der Waals surface area contributed by atoms with E-state index in [4.69, 9.17) is 9.47 Å². The maximum atomic E-state index is 11.4. The van der Waals surface area contributed by atoms with Crippen molar-refractivity contribution in [3.63, 3.8) is 0 Å². The number of hydrogen-bond acceptors (Lipinski definition) is 3. The average Bonchev–Trinajstić information content (AvgIpc) is 2.37. The summed E-state index contributed by atoms with van der Waals surface area (Å²) in [6.45, 7) is 8.54. The van der Waals surface area contributed by atoms with Gasteiger partial charge < -0.3 is 14.8 Å². The molecule has 0 radical (unpaired) electrons. The minimum atomic E-state index is -0.477. The lowest BCUT2D eigenvalue weighted by atomic mass is 10.2. The fourth-order valence-electron chi connectivity index (χ4n) is 1.54. The lowest BCUT2D eigenvalue weighted by Gasteiger charge is -2.19. The highest BCUT2D eigenvalue weighted by Crippen LogP contribution is 2.12. The molecule has 0 aliphatic carbocycles. The molecule has 0 bridgehead atoms. The fourth-order valence-corrected chi connectivity index (χ4v) is 1.54. The third-order valence-corrected chi connectivity index (χ3v) is 2.30. The molecular weight excluding hydrogens is 266 g/mol. The van der Waals surface area contributed by atoms with Crippen LogP contribution in [0.4, 0.5) is 4.79 Å². The van der Waals surface area contributed by atoms with Crippen molar-refractivity contribution in [3.8, 4) is 17.6 Å². The van der Waals surface area contributed by atoms with Gasteiger partial charge in [0.1, 0.15) is 11.4 Å². The third-order valence-electron chi connectivity index (χ3n) is 2.30. The number of carbonyl (C=O) groups excluding carboxylic acids is 1. The SMILES string of the molecule is CCOc1cccc(C#CCCNC(=O)OC(C)(C)C)c1. The van der Waals surface area contributed by atoms with Crippen LogP contribution in [0.25, 0.3) is 0 Å². The quantitative estimate of drug-likeness (QED) is 0.683. The number of benzene rings is 1. The van der Waals surface area contributed by atoms with Gasteiger partial charge in [-0.15, -0.1) is 0 Å². The van der Waals surface area contributed by atoms with E-state index >= 15 is 0 Å². The molecule has 0 unspecified atom stereocenters. The summed E-state index contributed by atoms with van der Waals surface area (Å²) in [6.07, 6.45) is 0.153. The zero-order valence-corrected chi connectivity index (χ0v) is 13.2. The molecule has 1 aromatic rings. The lowest BCUT2D eigenvalue weighted by Crippen LogP contribution is -2.32. The molecule has 1 aromatic carbocycles. The Morgan fingerprint density at radius 1 is 1.33 bits per heavy atom. The van der Waals surface area contributed by atoms with Gasteiger partial charge in [-0.25, -0.2) is 4.79 Å². The van der Waals surface area contributed by atoms with E-state index in [-0.39, 0.29) is 0 Å². The molecule has 21 heavy (non-hydrogen) atoms. The standard InChI is InChI=1S/C17H23NO3/c1-5-20-15-11-8-10-14(13-15)9-6-7-12-18-16(19)21-17(2,3)4/h8,10-11,13H,5,7,12H2,1-4H3,(H,18,19). The van der Waals surface area contributed by atoms with E-state index < -0.39 is 11.7 Å². The van der Waals surface area contributed by atoms with Crippen molar-refractivity contribution < 1.29 is 14.3 Å². The number of alkyl carbamates (subject to hydrolysis) is 1. The topological polar surface area (TPSA) is 47.6 Å². The van der Waals surface area contributed by atoms with Gasteiger partial charge in [-0.3, -0.25) is 0 Å². The maximum absolute atomic E-state index is 11.4. The minimum Gasteiger partial charge on any atom is -0.494 e. The molecule has 4 nitrogen and oxygen atoms in total. The van der Waals surface area contributed by atoms with Gasteiger partial charge >= 0.3 is 6.09 Å². The molecule has 0 aliphatic heterocycles. The molecule has 0 spiro atoms. The summed E-state index contributed by atoms with van der Waals surface area (Å²) in [7, 11) is 0. The second-order valence-corrected chi connectivity index (χ2v) is 5.44.